The van der Waals surface area contributed by atoms with E-state index in [2.05, 4.69) is 27.9 Å². The van der Waals surface area contributed by atoms with Gasteiger partial charge in [-0.05, 0) is 58.4 Å². The van der Waals surface area contributed by atoms with Gasteiger partial charge in [0.15, 0.2) is 5.69 Å². The van der Waals surface area contributed by atoms with Gasteiger partial charge in [0, 0.05) is 11.3 Å². The van der Waals surface area contributed by atoms with Gasteiger partial charge < -0.3 is 10.6 Å². The number of hydrogen-bond donors (Lipinski definition) is 2. The molecule has 7 heteroatoms. The first-order chi connectivity index (χ1) is 10.6. The lowest BCUT2D eigenvalue weighted by Crippen LogP contribution is -2.37. The second kappa shape index (κ2) is 6.58. The number of piperidine rings is 1. The third kappa shape index (κ3) is 3.30. The van der Waals surface area contributed by atoms with E-state index in [0.29, 0.717) is 18.3 Å². The molecule has 1 atom stereocenters. The van der Waals surface area contributed by atoms with Gasteiger partial charge in [-0.3, -0.25) is 4.79 Å². The molecule has 0 spiro atoms. The summed E-state index contributed by atoms with van der Waals surface area (Å²) in [6.07, 6.45) is 4.49. The fraction of sp³-hybridized carbons (Fsp3) is 0.800. The molecular weight excluding hydrogens is 298 g/mol. The predicted molar refractivity (Wildman–Crippen MR) is 88.3 cm³/mol. The number of rotatable bonds is 4. The number of nitrogens with one attached hydrogen (secondary N) is 2. The van der Waals surface area contributed by atoms with Crippen molar-refractivity contribution in [3.63, 3.8) is 0 Å². The second-order valence-corrected chi connectivity index (χ2v) is 8.22. The highest BCUT2D eigenvalue weighted by molar-refractivity contribution is 8.00. The molecule has 122 valence electrons. The molecule has 2 N–H and O–H groups in total. The van der Waals surface area contributed by atoms with Gasteiger partial charge in [-0.2, -0.15) is 11.8 Å². The molecule has 0 radical (unpaired) electrons. The summed E-state index contributed by atoms with van der Waals surface area (Å²) in [7, 11) is 0. The Labute approximate surface area is 135 Å². The number of aromatic nitrogens is 3. The van der Waals surface area contributed by atoms with Crippen LogP contribution in [0.2, 0.25) is 0 Å². The highest BCUT2D eigenvalue weighted by Crippen LogP contribution is 2.37. The molecule has 0 bridgehead atoms. The van der Waals surface area contributed by atoms with Crippen LogP contribution in [0.5, 0.6) is 0 Å². The van der Waals surface area contributed by atoms with Gasteiger partial charge in [-0.1, -0.05) is 5.21 Å². The third-order valence-corrected chi connectivity index (χ3v) is 6.26. The van der Waals surface area contributed by atoms with Gasteiger partial charge in [0.25, 0.3) is 5.91 Å². The number of carbonyl (C=O) groups excluding carboxylic acids is 1. The lowest BCUT2D eigenvalue weighted by molar-refractivity contribution is 0.0944. The Morgan fingerprint density at radius 2 is 2.27 bits per heavy atom. The molecule has 2 fully saturated rings. The number of amides is 1. The van der Waals surface area contributed by atoms with Crippen LogP contribution >= 0.6 is 11.8 Å². The van der Waals surface area contributed by atoms with Crippen LogP contribution in [-0.2, 0) is 0 Å². The van der Waals surface area contributed by atoms with E-state index in [1.165, 1.54) is 18.6 Å². The van der Waals surface area contributed by atoms with E-state index in [4.69, 9.17) is 0 Å². The Hall–Kier alpha value is -1.08. The van der Waals surface area contributed by atoms with E-state index < -0.39 is 0 Å². The number of nitrogens with zero attached hydrogens (tertiary/aromatic N) is 3. The lowest BCUT2D eigenvalue weighted by atomic mass is 10.1. The van der Waals surface area contributed by atoms with E-state index in [9.17, 15) is 4.79 Å². The predicted octanol–water partition coefficient (Wildman–Crippen LogP) is 1.53. The second-order valence-electron chi connectivity index (χ2n) is 6.53. The normalized spacial score (nSPS) is 26.3. The van der Waals surface area contributed by atoms with Crippen LogP contribution in [0.4, 0.5) is 0 Å². The molecule has 3 rings (SSSR count). The minimum absolute atomic E-state index is 0.0913. The van der Waals surface area contributed by atoms with Gasteiger partial charge in [-0.25, -0.2) is 4.68 Å². The molecule has 1 unspecified atom stereocenters. The van der Waals surface area contributed by atoms with E-state index in [1.807, 2.05) is 23.4 Å². The largest absolute Gasteiger partial charge is 0.349 e. The van der Waals surface area contributed by atoms with Crippen molar-refractivity contribution >= 4 is 17.7 Å². The minimum Gasteiger partial charge on any atom is -0.349 e. The fourth-order valence-corrected chi connectivity index (χ4v) is 4.52. The molecule has 1 amide bonds. The molecule has 2 aliphatic heterocycles. The van der Waals surface area contributed by atoms with Crippen molar-refractivity contribution in [1.82, 2.24) is 25.6 Å². The quantitative estimate of drug-likeness (QED) is 0.879. The zero-order valence-electron chi connectivity index (χ0n) is 13.4. The van der Waals surface area contributed by atoms with Crippen molar-refractivity contribution in [3.8, 4) is 0 Å². The van der Waals surface area contributed by atoms with Crippen LogP contribution in [0.15, 0.2) is 0 Å². The molecule has 0 aliphatic carbocycles. The van der Waals surface area contributed by atoms with E-state index in [0.717, 1.165) is 31.6 Å². The molecule has 0 aromatic carbocycles. The summed E-state index contributed by atoms with van der Waals surface area (Å²) in [6, 6.07) is 0.359. The summed E-state index contributed by atoms with van der Waals surface area (Å²) in [6.45, 7) is 6.88. The van der Waals surface area contributed by atoms with E-state index in [-0.39, 0.29) is 10.7 Å². The lowest BCUT2D eigenvalue weighted by Gasteiger charge is -2.24. The summed E-state index contributed by atoms with van der Waals surface area (Å²) in [5, 5.41) is 14.8. The monoisotopic (exact) mass is 323 g/mol. The molecule has 3 heterocycles. The molecule has 6 nitrogen and oxygen atoms in total. The molecule has 0 saturated carbocycles. The third-order valence-electron chi connectivity index (χ3n) is 4.72. The molecular formula is C15H25N5OS. The summed E-state index contributed by atoms with van der Waals surface area (Å²) < 4.78 is 2.11. The van der Waals surface area contributed by atoms with Crippen molar-refractivity contribution in [2.45, 2.75) is 50.3 Å². The van der Waals surface area contributed by atoms with Crippen LogP contribution in [0.3, 0.4) is 0 Å². The van der Waals surface area contributed by atoms with Gasteiger partial charge in [-0.15, -0.1) is 5.10 Å². The first-order valence-corrected chi connectivity index (χ1v) is 9.12. The van der Waals surface area contributed by atoms with Gasteiger partial charge in [0.1, 0.15) is 0 Å². The Morgan fingerprint density at radius 3 is 2.95 bits per heavy atom. The summed E-state index contributed by atoms with van der Waals surface area (Å²) in [5.41, 5.74) is 1.36. The van der Waals surface area contributed by atoms with Crippen LogP contribution in [0.25, 0.3) is 0 Å². The maximum Gasteiger partial charge on any atom is 0.273 e. The van der Waals surface area contributed by atoms with Crippen molar-refractivity contribution in [1.29, 1.82) is 0 Å². The highest BCUT2D eigenvalue weighted by atomic mass is 32.2. The Kier molecular flexibility index (Phi) is 4.73. The van der Waals surface area contributed by atoms with Crippen LogP contribution in [0, 0.1) is 6.92 Å². The summed E-state index contributed by atoms with van der Waals surface area (Å²) >= 11 is 1.95. The van der Waals surface area contributed by atoms with E-state index in [1.54, 1.807) is 0 Å². The van der Waals surface area contributed by atoms with Crippen molar-refractivity contribution in [2.75, 3.05) is 25.4 Å². The van der Waals surface area contributed by atoms with Crippen molar-refractivity contribution in [2.24, 2.45) is 0 Å². The van der Waals surface area contributed by atoms with Gasteiger partial charge in [0.2, 0.25) is 0 Å². The molecule has 2 aliphatic rings. The summed E-state index contributed by atoms with van der Waals surface area (Å²) in [5.74, 6) is 1.10. The SMILES string of the molecule is Cc1c(C(=O)NCC2(C)CCCS2)nnn1C1CCNCC1. The van der Waals surface area contributed by atoms with Gasteiger partial charge >= 0.3 is 0 Å². The molecule has 22 heavy (non-hydrogen) atoms. The smallest absolute Gasteiger partial charge is 0.273 e. The topological polar surface area (TPSA) is 71.8 Å². The van der Waals surface area contributed by atoms with Crippen LogP contribution in [-0.4, -0.2) is 51.0 Å². The Bertz CT molecular complexity index is 532. The number of thioether (sulfide) groups is 1. The minimum atomic E-state index is -0.0913. The Morgan fingerprint density at radius 1 is 1.50 bits per heavy atom. The van der Waals surface area contributed by atoms with Crippen LogP contribution in [0.1, 0.15) is 54.8 Å². The first kappa shape index (κ1) is 15.8. The zero-order chi connectivity index (χ0) is 15.6. The number of hydrogen-bond acceptors (Lipinski definition) is 5. The Balaban J connectivity index is 1.64. The highest BCUT2D eigenvalue weighted by Gasteiger charge is 2.30. The first-order valence-electron chi connectivity index (χ1n) is 8.14. The van der Waals surface area contributed by atoms with Crippen molar-refractivity contribution < 1.29 is 4.79 Å². The molecule has 1 aromatic rings. The summed E-state index contributed by atoms with van der Waals surface area (Å²) in [4.78, 5) is 12.4. The molecule has 2 saturated heterocycles. The van der Waals surface area contributed by atoms with Crippen LogP contribution < -0.4 is 10.6 Å². The zero-order valence-corrected chi connectivity index (χ0v) is 14.2. The average molecular weight is 323 g/mol. The fourth-order valence-electron chi connectivity index (χ4n) is 3.28. The van der Waals surface area contributed by atoms with Crippen molar-refractivity contribution in [3.05, 3.63) is 11.4 Å². The molecule has 1 aromatic heterocycles. The number of carbonyl (C=O) groups is 1. The maximum absolute atomic E-state index is 12.4. The van der Waals surface area contributed by atoms with Gasteiger partial charge in [0.05, 0.1) is 11.7 Å². The average Bonchev–Trinajstić information content (AvgIpc) is 3.13. The standard InChI is InChI=1S/C15H25N5OS/c1-11-13(14(21)17-10-15(2)6-3-9-22-15)18-19-20(11)12-4-7-16-8-5-12/h12,16H,3-10H2,1-2H3,(H,17,21). The maximum atomic E-state index is 12.4. The van der Waals surface area contributed by atoms with E-state index >= 15 is 0 Å².